The number of fused-ring (bicyclic) bond motifs is 2. The molecule has 1 amide bonds. The Morgan fingerprint density at radius 2 is 2.04 bits per heavy atom. The van der Waals surface area contributed by atoms with Gasteiger partial charge in [-0.1, -0.05) is 17.7 Å². The van der Waals surface area contributed by atoms with Crippen LogP contribution in [0.1, 0.15) is 27.3 Å². The number of rotatable bonds is 3. The van der Waals surface area contributed by atoms with Gasteiger partial charge >= 0.3 is 0 Å². The van der Waals surface area contributed by atoms with Gasteiger partial charge in [-0.25, -0.2) is 9.97 Å². The molecule has 2 aromatic heterocycles. The molecule has 0 saturated heterocycles. The highest BCUT2D eigenvalue weighted by Gasteiger charge is 2.22. The van der Waals surface area contributed by atoms with Gasteiger partial charge < -0.3 is 10.2 Å². The topological polar surface area (TPSA) is 71.0 Å². The zero-order chi connectivity index (χ0) is 16.7. The third kappa shape index (κ3) is 2.56. The molecule has 4 rings (SSSR count). The molecule has 0 fully saturated rings. The third-order valence-corrected chi connectivity index (χ3v) is 4.18. The van der Waals surface area contributed by atoms with Crippen LogP contribution in [0.3, 0.4) is 0 Å². The van der Waals surface area contributed by atoms with Crippen molar-refractivity contribution in [3.8, 4) is 0 Å². The maximum Gasteiger partial charge on any atom is 0.270 e. The summed E-state index contributed by atoms with van der Waals surface area (Å²) in [6.07, 6.45) is 3.60. The lowest BCUT2D eigenvalue weighted by Crippen LogP contribution is -2.21. The van der Waals surface area contributed by atoms with Crippen molar-refractivity contribution in [1.29, 1.82) is 0 Å². The summed E-state index contributed by atoms with van der Waals surface area (Å²) in [4.78, 5) is 26.9. The highest BCUT2D eigenvalue weighted by atomic mass is 16.2. The van der Waals surface area contributed by atoms with Gasteiger partial charge in [0.1, 0.15) is 5.69 Å². The Bertz CT molecular complexity index is 953. The summed E-state index contributed by atoms with van der Waals surface area (Å²) < 4.78 is 0. The molecular formula is C18H17N5O. The van der Waals surface area contributed by atoms with Gasteiger partial charge in [-0.3, -0.25) is 9.78 Å². The lowest BCUT2D eigenvalue weighted by atomic mass is 10.1. The summed E-state index contributed by atoms with van der Waals surface area (Å²) in [5.74, 6) is 0.387. The van der Waals surface area contributed by atoms with Crippen molar-refractivity contribution in [2.45, 2.75) is 20.0 Å². The summed E-state index contributed by atoms with van der Waals surface area (Å²) in [5.41, 5.74) is 3.46. The highest BCUT2D eigenvalue weighted by molar-refractivity contribution is 5.96. The second-order valence-electron chi connectivity index (χ2n) is 6.11. The van der Waals surface area contributed by atoms with E-state index >= 15 is 0 Å². The van der Waals surface area contributed by atoms with Gasteiger partial charge in [0.25, 0.3) is 5.91 Å². The Morgan fingerprint density at radius 3 is 2.92 bits per heavy atom. The van der Waals surface area contributed by atoms with Crippen molar-refractivity contribution in [2.75, 3.05) is 11.9 Å². The minimum Gasteiger partial charge on any atom is -0.346 e. The number of hydrogen-bond acceptors (Lipinski definition) is 5. The van der Waals surface area contributed by atoms with E-state index in [-0.39, 0.29) is 5.91 Å². The zero-order valence-electron chi connectivity index (χ0n) is 13.6. The van der Waals surface area contributed by atoms with Gasteiger partial charge in [-0.15, -0.1) is 0 Å². The highest BCUT2D eigenvalue weighted by Crippen LogP contribution is 2.19. The van der Waals surface area contributed by atoms with Gasteiger partial charge in [-0.05, 0) is 24.4 Å². The Balaban J connectivity index is 1.60. The molecule has 1 N–H and O–H groups in total. The Hall–Kier alpha value is -3.02. The molecule has 6 nitrogen and oxygen atoms in total. The first kappa shape index (κ1) is 14.6. The number of anilines is 1. The number of amides is 1. The molecule has 0 atom stereocenters. The maximum atomic E-state index is 11.7. The normalized spacial score (nSPS) is 13.0. The number of carbonyl (C=O) groups excluding carboxylic acids is 1. The van der Waals surface area contributed by atoms with E-state index in [9.17, 15) is 4.79 Å². The zero-order valence-corrected chi connectivity index (χ0v) is 13.6. The molecule has 24 heavy (non-hydrogen) atoms. The van der Waals surface area contributed by atoms with Crippen LogP contribution in [0.15, 0.2) is 36.7 Å². The standard InChI is InChI=1S/C18H17N5O/c1-11-3-4-12-6-15(19-7-13(12)5-11)10-23(2)18-21-9-14-8-20-17(24)16(14)22-18/h3-7,9H,8,10H2,1-2H3,(H,20,24). The predicted molar refractivity (Wildman–Crippen MR) is 91.8 cm³/mol. The molecule has 0 aliphatic carbocycles. The summed E-state index contributed by atoms with van der Waals surface area (Å²) >= 11 is 0. The molecule has 120 valence electrons. The van der Waals surface area contributed by atoms with E-state index in [0.29, 0.717) is 24.7 Å². The second kappa shape index (κ2) is 5.56. The number of aryl methyl sites for hydroxylation is 1. The van der Waals surface area contributed by atoms with Gasteiger partial charge in [0.2, 0.25) is 5.95 Å². The second-order valence-corrected chi connectivity index (χ2v) is 6.11. The number of nitrogens with one attached hydrogen (secondary N) is 1. The smallest absolute Gasteiger partial charge is 0.270 e. The van der Waals surface area contributed by atoms with Crippen molar-refractivity contribution in [3.05, 3.63) is 59.2 Å². The number of benzene rings is 1. The van der Waals surface area contributed by atoms with E-state index in [1.165, 1.54) is 5.56 Å². The van der Waals surface area contributed by atoms with Gasteiger partial charge in [-0.2, -0.15) is 0 Å². The van der Waals surface area contributed by atoms with Gasteiger partial charge in [0, 0.05) is 36.9 Å². The summed E-state index contributed by atoms with van der Waals surface area (Å²) in [6.45, 7) is 3.15. The molecule has 0 spiro atoms. The molecule has 1 aliphatic heterocycles. The molecule has 6 heteroatoms. The van der Waals surface area contributed by atoms with E-state index in [1.807, 2.05) is 18.1 Å². The molecule has 0 saturated carbocycles. The number of hydrogen-bond donors (Lipinski definition) is 1. The Kier molecular flexibility index (Phi) is 3.37. The quantitative estimate of drug-likeness (QED) is 0.801. The van der Waals surface area contributed by atoms with Crippen molar-refractivity contribution < 1.29 is 4.79 Å². The summed E-state index contributed by atoms with van der Waals surface area (Å²) in [7, 11) is 1.90. The van der Waals surface area contributed by atoms with E-state index in [2.05, 4.69) is 51.5 Å². The lowest BCUT2D eigenvalue weighted by molar-refractivity contribution is 0.0961. The monoisotopic (exact) mass is 319 g/mol. The van der Waals surface area contributed by atoms with E-state index in [0.717, 1.165) is 22.0 Å². The minimum atomic E-state index is -0.138. The maximum absolute atomic E-state index is 11.7. The molecule has 0 radical (unpaired) electrons. The SMILES string of the molecule is Cc1ccc2cc(CN(C)c3ncc4c(n3)C(=O)NC4)ncc2c1. The van der Waals surface area contributed by atoms with Crippen molar-refractivity contribution in [2.24, 2.45) is 0 Å². The first-order valence-corrected chi connectivity index (χ1v) is 7.81. The summed E-state index contributed by atoms with van der Waals surface area (Å²) in [5, 5.41) is 5.04. The van der Waals surface area contributed by atoms with Crippen LogP contribution in [-0.4, -0.2) is 27.9 Å². The van der Waals surface area contributed by atoms with E-state index < -0.39 is 0 Å². The lowest BCUT2D eigenvalue weighted by Gasteiger charge is -2.17. The average Bonchev–Trinajstić information content (AvgIpc) is 2.95. The fourth-order valence-corrected chi connectivity index (χ4v) is 2.87. The fourth-order valence-electron chi connectivity index (χ4n) is 2.87. The Morgan fingerprint density at radius 1 is 1.17 bits per heavy atom. The van der Waals surface area contributed by atoms with Crippen LogP contribution < -0.4 is 10.2 Å². The first-order valence-electron chi connectivity index (χ1n) is 7.81. The van der Waals surface area contributed by atoms with Crippen LogP contribution in [0.25, 0.3) is 10.8 Å². The van der Waals surface area contributed by atoms with Crippen LogP contribution in [0.4, 0.5) is 5.95 Å². The molecule has 3 heterocycles. The third-order valence-electron chi connectivity index (χ3n) is 4.18. The van der Waals surface area contributed by atoms with Gasteiger partial charge in [0.15, 0.2) is 0 Å². The first-order chi connectivity index (χ1) is 11.6. The van der Waals surface area contributed by atoms with Crippen LogP contribution in [0, 0.1) is 6.92 Å². The largest absolute Gasteiger partial charge is 0.346 e. The molecular weight excluding hydrogens is 302 g/mol. The van der Waals surface area contributed by atoms with E-state index in [1.54, 1.807) is 6.20 Å². The average molecular weight is 319 g/mol. The van der Waals surface area contributed by atoms with E-state index in [4.69, 9.17) is 0 Å². The number of nitrogens with zero attached hydrogens (tertiary/aromatic N) is 4. The molecule has 1 aromatic carbocycles. The molecule has 0 bridgehead atoms. The molecule has 1 aliphatic rings. The predicted octanol–water partition coefficient (Wildman–Crippen LogP) is 2.21. The number of pyridine rings is 1. The van der Waals surface area contributed by atoms with Crippen molar-refractivity contribution >= 4 is 22.6 Å². The van der Waals surface area contributed by atoms with Crippen LogP contribution in [0.2, 0.25) is 0 Å². The van der Waals surface area contributed by atoms with Crippen LogP contribution in [-0.2, 0) is 13.1 Å². The fraction of sp³-hybridized carbons (Fsp3) is 0.222. The number of aromatic nitrogens is 3. The molecule has 0 unspecified atom stereocenters. The minimum absolute atomic E-state index is 0.138. The van der Waals surface area contributed by atoms with Gasteiger partial charge in [0.05, 0.1) is 12.2 Å². The van der Waals surface area contributed by atoms with Crippen LogP contribution in [0.5, 0.6) is 0 Å². The van der Waals surface area contributed by atoms with Crippen molar-refractivity contribution in [3.63, 3.8) is 0 Å². The van der Waals surface area contributed by atoms with Crippen LogP contribution >= 0.6 is 0 Å². The number of carbonyl (C=O) groups is 1. The summed E-state index contributed by atoms with van der Waals surface area (Å²) in [6, 6.07) is 8.40. The molecule has 3 aromatic rings. The Labute approximate surface area is 139 Å². The van der Waals surface area contributed by atoms with Crippen molar-refractivity contribution in [1.82, 2.24) is 20.3 Å².